The Morgan fingerprint density at radius 3 is 2.76 bits per heavy atom. The standard InChI is InChI=1S/C12H10BrFN2O/c1-17-11-5-8(14)2-3-9(11)7-4-10(13)12(15)16-6-7/h2-6H,1H3,(H2,15,16). The fraction of sp³-hybridized carbons (Fsp3) is 0.0833. The lowest BCUT2D eigenvalue weighted by molar-refractivity contribution is 0.413. The first-order valence-electron chi connectivity index (χ1n) is 4.86. The highest BCUT2D eigenvalue weighted by atomic mass is 79.9. The van der Waals surface area contributed by atoms with E-state index in [1.54, 1.807) is 12.3 Å². The molecule has 0 bridgehead atoms. The summed E-state index contributed by atoms with van der Waals surface area (Å²) in [5, 5.41) is 0. The van der Waals surface area contributed by atoms with E-state index in [1.807, 2.05) is 6.07 Å². The minimum atomic E-state index is -0.340. The summed E-state index contributed by atoms with van der Waals surface area (Å²) in [6.07, 6.45) is 1.62. The number of anilines is 1. The molecule has 0 spiro atoms. The van der Waals surface area contributed by atoms with Crippen LogP contribution in [0.4, 0.5) is 10.2 Å². The average molecular weight is 297 g/mol. The molecule has 2 N–H and O–H groups in total. The lowest BCUT2D eigenvalue weighted by Crippen LogP contribution is -1.93. The Bertz CT molecular complexity index is 560. The van der Waals surface area contributed by atoms with E-state index in [0.717, 1.165) is 11.1 Å². The molecule has 0 saturated heterocycles. The second kappa shape index (κ2) is 4.71. The minimum absolute atomic E-state index is 0.340. The molecule has 0 aliphatic carbocycles. The fourth-order valence-electron chi connectivity index (χ4n) is 1.50. The molecule has 0 atom stereocenters. The summed E-state index contributed by atoms with van der Waals surface area (Å²) in [6, 6.07) is 6.17. The molecule has 0 aliphatic rings. The zero-order chi connectivity index (χ0) is 12.4. The third-order valence-corrected chi connectivity index (χ3v) is 2.98. The van der Waals surface area contributed by atoms with Crippen molar-refractivity contribution in [1.29, 1.82) is 0 Å². The van der Waals surface area contributed by atoms with E-state index in [1.165, 1.54) is 19.2 Å². The molecule has 5 heteroatoms. The Hall–Kier alpha value is -1.62. The van der Waals surface area contributed by atoms with E-state index in [-0.39, 0.29) is 5.82 Å². The van der Waals surface area contributed by atoms with E-state index in [9.17, 15) is 4.39 Å². The molecular formula is C12H10BrFN2O. The highest BCUT2D eigenvalue weighted by molar-refractivity contribution is 9.10. The van der Waals surface area contributed by atoms with Crippen molar-refractivity contribution in [1.82, 2.24) is 4.98 Å². The highest BCUT2D eigenvalue weighted by Gasteiger charge is 2.09. The van der Waals surface area contributed by atoms with Crippen LogP contribution in [0, 0.1) is 5.82 Å². The van der Waals surface area contributed by atoms with Gasteiger partial charge in [0.1, 0.15) is 17.4 Å². The second-order valence-corrected chi connectivity index (χ2v) is 4.29. The molecule has 0 fully saturated rings. The smallest absolute Gasteiger partial charge is 0.137 e. The third kappa shape index (κ3) is 2.39. The number of hydrogen-bond donors (Lipinski definition) is 1. The van der Waals surface area contributed by atoms with Gasteiger partial charge in [-0.25, -0.2) is 9.37 Å². The van der Waals surface area contributed by atoms with E-state index in [2.05, 4.69) is 20.9 Å². The number of rotatable bonds is 2. The van der Waals surface area contributed by atoms with E-state index in [0.29, 0.717) is 16.0 Å². The largest absolute Gasteiger partial charge is 0.496 e. The molecule has 0 unspecified atom stereocenters. The van der Waals surface area contributed by atoms with Crippen LogP contribution in [0.3, 0.4) is 0 Å². The van der Waals surface area contributed by atoms with Crippen LogP contribution < -0.4 is 10.5 Å². The summed E-state index contributed by atoms with van der Waals surface area (Å²) in [7, 11) is 1.50. The van der Waals surface area contributed by atoms with E-state index in [4.69, 9.17) is 10.5 Å². The van der Waals surface area contributed by atoms with Crippen LogP contribution in [0.25, 0.3) is 11.1 Å². The number of halogens is 2. The molecule has 17 heavy (non-hydrogen) atoms. The van der Waals surface area contributed by atoms with Gasteiger partial charge in [0.25, 0.3) is 0 Å². The topological polar surface area (TPSA) is 48.1 Å². The molecule has 2 aromatic rings. The van der Waals surface area contributed by atoms with E-state index < -0.39 is 0 Å². The Morgan fingerprint density at radius 1 is 1.35 bits per heavy atom. The first kappa shape index (κ1) is 11.9. The predicted octanol–water partition coefficient (Wildman–Crippen LogP) is 3.24. The van der Waals surface area contributed by atoms with Crippen LogP contribution in [0.5, 0.6) is 5.75 Å². The van der Waals surface area contributed by atoms with Gasteiger partial charge in [-0.2, -0.15) is 0 Å². The number of hydrogen-bond acceptors (Lipinski definition) is 3. The lowest BCUT2D eigenvalue weighted by atomic mass is 10.1. The molecule has 2 rings (SSSR count). The number of nitrogens with two attached hydrogens (primary N) is 1. The zero-order valence-electron chi connectivity index (χ0n) is 9.08. The van der Waals surface area contributed by atoms with Gasteiger partial charge < -0.3 is 10.5 Å². The van der Waals surface area contributed by atoms with Crippen LogP contribution in [0.2, 0.25) is 0 Å². The van der Waals surface area contributed by atoms with Gasteiger partial charge in [0, 0.05) is 23.4 Å². The van der Waals surface area contributed by atoms with Gasteiger partial charge in [-0.3, -0.25) is 0 Å². The summed E-state index contributed by atoms with van der Waals surface area (Å²) >= 11 is 3.30. The molecule has 0 saturated carbocycles. The maximum atomic E-state index is 13.1. The van der Waals surface area contributed by atoms with Crippen molar-refractivity contribution >= 4 is 21.7 Å². The highest BCUT2D eigenvalue weighted by Crippen LogP contribution is 2.32. The first-order valence-corrected chi connectivity index (χ1v) is 5.66. The Balaban J connectivity index is 2.55. The minimum Gasteiger partial charge on any atom is -0.496 e. The zero-order valence-corrected chi connectivity index (χ0v) is 10.7. The van der Waals surface area contributed by atoms with Crippen molar-refractivity contribution in [2.45, 2.75) is 0 Å². The number of ether oxygens (including phenoxy) is 1. The summed E-state index contributed by atoms with van der Waals surface area (Å²) < 4.78 is 18.9. The summed E-state index contributed by atoms with van der Waals surface area (Å²) in [4.78, 5) is 4.03. The first-order chi connectivity index (χ1) is 8.11. The molecule has 1 heterocycles. The van der Waals surface area contributed by atoms with Gasteiger partial charge in [0.2, 0.25) is 0 Å². The molecule has 3 nitrogen and oxygen atoms in total. The van der Waals surface area contributed by atoms with Gasteiger partial charge >= 0.3 is 0 Å². The molecule has 0 amide bonds. The molecule has 1 aromatic heterocycles. The fourth-order valence-corrected chi connectivity index (χ4v) is 1.85. The van der Waals surface area contributed by atoms with Crippen molar-refractivity contribution in [3.63, 3.8) is 0 Å². The maximum absolute atomic E-state index is 13.1. The van der Waals surface area contributed by atoms with Gasteiger partial charge in [-0.15, -0.1) is 0 Å². The van der Waals surface area contributed by atoms with Crippen molar-refractivity contribution < 1.29 is 9.13 Å². The summed E-state index contributed by atoms with van der Waals surface area (Å²) in [5.41, 5.74) is 7.19. The van der Waals surface area contributed by atoms with Gasteiger partial charge in [-0.1, -0.05) is 0 Å². The molecule has 1 aromatic carbocycles. The number of benzene rings is 1. The average Bonchev–Trinajstić information content (AvgIpc) is 2.32. The quantitative estimate of drug-likeness (QED) is 0.925. The number of nitrogen functional groups attached to an aromatic ring is 1. The lowest BCUT2D eigenvalue weighted by Gasteiger charge is -2.09. The molecule has 0 radical (unpaired) electrons. The van der Waals surface area contributed by atoms with Crippen LogP contribution in [0.15, 0.2) is 34.9 Å². The number of pyridine rings is 1. The summed E-state index contributed by atoms with van der Waals surface area (Å²) in [6.45, 7) is 0. The second-order valence-electron chi connectivity index (χ2n) is 3.44. The van der Waals surface area contributed by atoms with E-state index >= 15 is 0 Å². The van der Waals surface area contributed by atoms with Crippen LogP contribution >= 0.6 is 15.9 Å². The molecule has 0 aliphatic heterocycles. The SMILES string of the molecule is COc1cc(F)ccc1-c1cnc(N)c(Br)c1. The van der Waals surface area contributed by atoms with Crippen molar-refractivity contribution in [2.75, 3.05) is 12.8 Å². The Labute approximate surface area is 107 Å². The maximum Gasteiger partial charge on any atom is 0.137 e. The van der Waals surface area contributed by atoms with Gasteiger partial charge in [-0.05, 0) is 34.1 Å². The van der Waals surface area contributed by atoms with Crippen molar-refractivity contribution in [2.24, 2.45) is 0 Å². The van der Waals surface area contributed by atoms with Crippen molar-refractivity contribution in [3.8, 4) is 16.9 Å². The van der Waals surface area contributed by atoms with Crippen LogP contribution in [-0.4, -0.2) is 12.1 Å². The number of methoxy groups -OCH3 is 1. The molecule has 88 valence electrons. The monoisotopic (exact) mass is 296 g/mol. The Kier molecular flexibility index (Phi) is 3.28. The van der Waals surface area contributed by atoms with Gasteiger partial charge in [0.15, 0.2) is 0 Å². The predicted molar refractivity (Wildman–Crippen MR) is 68.3 cm³/mol. The number of nitrogens with zero attached hydrogens (tertiary/aromatic N) is 1. The molecular weight excluding hydrogens is 287 g/mol. The van der Waals surface area contributed by atoms with Gasteiger partial charge in [0.05, 0.1) is 11.6 Å². The van der Waals surface area contributed by atoms with Crippen molar-refractivity contribution in [3.05, 3.63) is 40.8 Å². The normalized spacial score (nSPS) is 10.3. The third-order valence-electron chi connectivity index (χ3n) is 2.34. The number of aromatic nitrogens is 1. The van der Waals surface area contributed by atoms with Crippen LogP contribution in [0.1, 0.15) is 0 Å². The summed E-state index contributed by atoms with van der Waals surface area (Å²) in [5.74, 6) is 0.534. The van der Waals surface area contributed by atoms with Crippen LogP contribution in [-0.2, 0) is 0 Å². The Morgan fingerprint density at radius 2 is 2.12 bits per heavy atom.